The summed E-state index contributed by atoms with van der Waals surface area (Å²) in [6, 6.07) is 0. The number of Topliss-reactive ketones (excluding diaryl/α,β-unsaturated/α-hetero) is 1. The number of carbonyl (C=O) groups excluding carboxylic acids is 1. The first-order valence-corrected chi connectivity index (χ1v) is 6.17. The zero-order chi connectivity index (χ0) is 12.8. The van der Waals surface area contributed by atoms with Crippen LogP contribution in [-0.4, -0.2) is 15.9 Å². The maximum Gasteiger partial charge on any atom is 0.237 e. The highest BCUT2D eigenvalue weighted by molar-refractivity contribution is 5.82. The minimum atomic E-state index is -0.266. The van der Waals surface area contributed by atoms with Gasteiger partial charge in [0.15, 0.2) is 5.82 Å². The fourth-order valence-electron chi connectivity index (χ4n) is 2.35. The van der Waals surface area contributed by atoms with Gasteiger partial charge in [-0.25, -0.2) is 0 Å². The molecule has 1 aromatic heterocycles. The van der Waals surface area contributed by atoms with Crippen LogP contribution in [0.25, 0.3) is 0 Å². The van der Waals surface area contributed by atoms with Crippen LogP contribution in [-0.2, 0) is 4.79 Å². The second-order valence-corrected chi connectivity index (χ2v) is 6.07. The topological polar surface area (TPSA) is 56.0 Å². The maximum atomic E-state index is 11.6. The number of rotatable bonds is 4. The van der Waals surface area contributed by atoms with Crippen LogP contribution in [0, 0.1) is 11.3 Å². The Hall–Kier alpha value is -1.19. The summed E-state index contributed by atoms with van der Waals surface area (Å²) >= 11 is 0. The SMILES string of the molecule is CC(=O)C(c1nc(C2CC2(C)C)no1)C(C)C. The summed E-state index contributed by atoms with van der Waals surface area (Å²) in [5.41, 5.74) is 0.282. The van der Waals surface area contributed by atoms with E-state index in [4.69, 9.17) is 4.52 Å². The molecule has 0 saturated heterocycles. The van der Waals surface area contributed by atoms with Crippen LogP contribution in [0.1, 0.15) is 64.6 Å². The minimum Gasteiger partial charge on any atom is -0.339 e. The lowest BCUT2D eigenvalue weighted by molar-refractivity contribution is -0.119. The van der Waals surface area contributed by atoms with Gasteiger partial charge in [-0.05, 0) is 24.7 Å². The van der Waals surface area contributed by atoms with E-state index in [9.17, 15) is 4.79 Å². The Kier molecular flexibility index (Phi) is 2.84. The highest BCUT2D eigenvalue weighted by Gasteiger charge is 2.49. The van der Waals surface area contributed by atoms with Crippen molar-refractivity contribution in [3.8, 4) is 0 Å². The summed E-state index contributed by atoms with van der Waals surface area (Å²) in [6.45, 7) is 9.96. The molecule has 4 nitrogen and oxygen atoms in total. The van der Waals surface area contributed by atoms with Crippen molar-refractivity contribution in [1.29, 1.82) is 0 Å². The van der Waals surface area contributed by atoms with E-state index in [1.54, 1.807) is 6.92 Å². The van der Waals surface area contributed by atoms with Crippen molar-refractivity contribution in [2.45, 2.75) is 52.9 Å². The van der Waals surface area contributed by atoms with Crippen LogP contribution >= 0.6 is 0 Å². The molecule has 2 unspecified atom stereocenters. The van der Waals surface area contributed by atoms with Gasteiger partial charge in [-0.15, -0.1) is 0 Å². The molecule has 1 heterocycles. The monoisotopic (exact) mass is 236 g/mol. The van der Waals surface area contributed by atoms with E-state index in [1.807, 2.05) is 13.8 Å². The number of hydrogen-bond acceptors (Lipinski definition) is 4. The first-order valence-electron chi connectivity index (χ1n) is 6.17. The van der Waals surface area contributed by atoms with Crippen LogP contribution in [0.4, 0.5) is 0 Å². The van der Waals surface area contributed by atoms with Gasteiger partial charge in [-0.1, -0.05) is 32.9 Å². The Bertz CT molecular complexity index is 434. The summed E-state index contributed by atoms with van der Waals surface area (Å²) in [6.07, 6.45) is 1.10. The van der Waals surface area contributed by atoms with Crippen molar-refractivity contribution >= 4 is 5.78 Å². The fraction of sp³-hybridized carbons (Fsp3) is 0.769. The molecule has 0 spiro atoms. The van der Waals surface area contributed by atoms with Crippen LogP contribution in [0.2, 0.25) is 0 Å². The highest BCUT2D eigenvalue weighted by atomic mass is 16.5. The smallest absolute Gasteiger partial charge is 0.237 e. The van der Waals surface area contributed by atoms with Gasteiger partial charge in [0.25, 0.3) is 0 Å². The molecule has 0 aliphatic heterocycles. The van der Waals surface area contributed by atoms with E-state index in [1.165, 1.54) is 0 Å². The molecule has 0 amide bonds. The zero-order valence-electron chi connectivity index (χ0n) is 11.2. The molecule has 1 aliphatic rings. The van der Waals surface area contributed by atoms with Crippen LogP contribution < -0.4 is 0 Å². The lowest BCUT2D eigenvalue weighted by atomic mass is 9.92. The second-order valence-electron chi connectivity index (χ2n) is 6.07. The summed E-state index contributed by atoms with van der Waals surface area (Å²) in [5.74, 6) is 1.64. The van der Waals surface area contributed by atoms with Crippen molar-refractivity contribution in [3.05, 3.63) is 11.7 Å². The van der Waals surface area contributed by atoms with Crippen molar-refractivity contribution in [2.24, 2.45) is 11.3 Å². The van der Waals surface area contributed by atoms with E-state index in [2.05, 4.69) is 24.0 Å². The fourth-order valence-corrected chi connectivity index (χ4v) is 2.35. The Morgan fingerprint density at radius 2 is 2.06 bits per heavy atom. The standard InChI is InChI=1S/C13H20N2O2/c1-7(2)10(8(3)16)12-14-11(15-17-12)9-6-13(9,4)5/h7,9-10H,6H2,1-5H3. The van der Waals surface area contributed by atoms with Crippen molar-refractivity contribution < 1.29 is 9.32 Å². The third-order valence-corrected chi connectivity index (χ3v) is 3.65. The molecular weight excluding hydrogens is 216 g/mol. The van der Waals surface area contributed by atoms with E-state index >= 15 is 0 Å². The summed E-state index contributed by atoms with van der Waals surface area (Å²) < 4.78 is 5.26. The molecule has 0 aromatic carbocycles. The van der Waals surface area contributed by atoms with Crippen LogP contribution in [0.15, 0.2) is 4.52 Å². The minimum absolute atomic E-state index is 0.0882. The molecule has 1 saturated carbocycles. The third kappa shape index (κ3) is 2.26. The lowest BCUT2D eigenvalue weighted by Gasteiger charge is -2.12. The van der Waals surface area contributed by atoms with Gasteiger partial charge in [0.2, 0.25) is 5.89 Å². The van der Waals surface area contributed by atoms with Crippen LogP contribution in [0.3, 0.4) is 0 Å². The van der Waals surface area contributed by atoms with Crippen molar-refractivity contribution in [1.82, 2.24) is 10.1 Å². The molecule has 17 heavy (non-hydrogen) atoms. The number of carbonyl (C=O) groups is 1. The Balaban J connectivity index is 2.20. The Morgan fingerprint density at radius 1 is 1.47 bits per heavy atom. The quantitative estimate of drug-likeness (QED) is 0.806. The van der Waals surface area contributed by atoms with Gasteiger partial charge < -0.3 is 4.52 Å². The lowest BCUT2D eigenvalue weighted by Crippen LogP contribution is -2.15. The van der Waals surface area contributed by atoms with Gasteiger partial charge in [0.05, 0.1) is 5.92 Å². The molecule has 0 N–H and O–H groups in total. The number of nitrogens with zero attached hydrogens (tertiary/aromatic N) is 2. The Morgan fingerprint density at radius 3 is 2.47 bits per heavy atom. The molecule has 1 aromatic rings. The first-order chi connectivity index (χ1) is 7.83. The molecule has 0 bridgehead atoms. The average molecular weight is 236 g/mol. The number of hydrogen-bond donors (Lipinski definition) is 0. The maximum absolute atomic E-state index is 11.6. The molecule has 0 radical (unpaired) electrons. The van der Waals surface area contributed by atoms with Gasteiger partial charge in [-0.2, -0.15) is 4.98 Å². The van der Waals surface area contributed by atoms with E-state index in [-0.39, 0.29) is 23.0 Å². The molecule has 94 valence electrons. The Labute approximate surface area is 102 Å². The predicted molar refractivity (Wildman–Crippen MR) is 63.7 cm³/mol. The van der Waals surface area contributed by atoms with E-state index < -0.39 is 0 Å². The van der Waals surface area contributed by atoms with Gasteiger partial charge >= 0.3 is 0 Å². The predicted octanol–water partition coefficient (Wildman–Crippen LogP) is 2.91. The molecule has 2 rings (SSSR count). The summed E-state index contributed by atoms with van der Waals surface area (Å²) in [4.78, 5) is 16.0. The van der Waals surface area contributed by atoms with E-state index in [0.717, 1.165) is 12.2 Å². The normalized spacial score (nSPS) is 23.8. The van der Waals surface area contributed by atoms with Gasteiger partial charge in [-0.3, -0.25) is 4.79 Å². The average Bonchev–Trinajstić information content (AvgIpc) is 2.61. The molecule has 1 fully saturated rings. The largest absolute Gasteiger partial charge is 0.339 e. The van der Waals surface area contributed by atoms with Gasteiger partial charge in [0, 0.05) is 5.92 Å². The summed E-state index contributed by atoms with van der Waals surface area (Å²) in [7, 11) is 0. The van der Waals surface area contributed by atoms with Crippen molar-refractivity contribution in [3.63, 3.8) is 0 Å². The highest BCUT2D eigenvalue weighted by Crippen LogP contribution is 2.57. The van der Waals surface area contributed by atoms with Crippen molar-refractivity contribution in [2.75, 3.05) is 0 Å². The first kappa shape index (κ1) is 12.3. The zero-order valence-corrected chi connectivity index (χ0v) is 11.2. The van der Waals surface area contributed by atoms with Gasteiger partial charge in [0.1, 0.15) is 5.78 Å². The molecule has 1 aliphatic carbocycles. The number of aromatic nitrogens is 2. The molecule has 4 heteroatoms. The molecule has 2 atom stereocenters. The number of ketones is 1. The summed E-state index contributed by atoms with van der Waals surface area (Å²) in [5, 5.41) is 4.02. The molecular formula is C13H20N2O2. The second kappa shape index (κ2) is 3.93. The van der Waals surface area contributed by atoms with Crippen LogP contribution in [0.5, 0.6) is 0 Å². The van der Waals surface area contributed by atoms with E-state index in [0.29, 0.717) is 11.8 Å². The third-order valence-electron chi connectivity index (χ3n) is 3.65.